The predicted octanol–water partition coefficient (Wildman–Crippen LogP) is 2.79. The molecule has 2 N–H and O–H groups in total. The molecule has 6 nitrogen and oxygen atoms in total. The first-order chi connectivity index (χ1) is 12.9. The standard InChI is InChI=1S/C19H21BrN2O4S/c1-26-12-11-21-27(24,25)17-4-2-3-14(13-17)18(23)22-19(9-10-19)15-5-7-16(20)8-6-15/h2-8,13,21H,9-12H2,1H3,(H,22,23). The third kappa shape index (κ3) is 4.76. The van der Waals surface area contributed by atoms with Gasteiger partial charge in [0, 0.05) is 23.7 Å². The van der Waals surface area contributed by atoms with Crippen LogP contribution in [0.5, 0.6) is 0 Å². The van der Waals surface area contributed by atoms with E-state index in [0.29, 0.717) is 5.56 Å². The normalized spacial score (nSPS) is 15.3. The van der Waals surface area contributed by atoms with Crippen molar-refractivity contribution < 1.29 is 17.9 Å². The highest BCUT2D eigenvalue weighted by Gasteiger charge is 2.45. The Morgan fingerprint density at radius 2 is 1.89 bits per heavy atom. The number of nitrogens with one attached hydrogen (secondary N) is 2. The smallest absolute Gasteiger partial charge is 0.252 e. The highest BCUT2D eigenvalue weighted by Crippen LogP contribution is 2.45. The van der Waals surface area contributed by atoms with Crippen LogP contribution in [-0.4, -0.2) is 34.6 Å². The van der Waals surface area contributed by atoms with Crippen molar-refractivity contribution in [1.29, 1.82) is 0 Å². The van der Waals surface area contributed by atoms with Crippen molar-refractivity contribution in [3.63, 3.8) is 0 Å². The zero-order valence-corrected chi connectivity index (χ0v) is 17.3. The lowest BCUT2D eigenvalue weighted by Gasteiger charge is -2.18. The molecule has 0 radical (unpaired) electrons. The van der Waals surface area contributed by atoms with Crippen molar-refractivity contribution in [1.82, 2.24) is 10.0 Å². The highest BCUT2D eigenvalue weighted by molar-refractivity contribution is 9.10. The van der Waals surface area contributed by atoms with Gasteiger partial charge in [0.2, 0.25) is 10.0 Å². The van der Waals surface area contributed by atoms with Gasteiger partial charge in [-0.15, -0.1) is 0 Å². The Kier molecular flexibility index (Phi) is 6.00. The number of amides is 1. The largest absolute Gasteiger partial charge is 0.383 e. The van der Waals surface area contributed by atoms with Crippen LogP contribution in [-0.2, 0) is 20.3 Å². The minimum atomic E-state index is -3.69. The molecule has 0 aromatic heterocycles. The van der Waals surface area contributed by atoms with Crippen molar-refractivity contribution in [2.24, 2.45) is 0 Å². The van der Waals surface area contributed by atoms with Gasteiger partial charge in [-0.2, -0.15) is 0 Å². The van der Waals surface area contributed by atoms with Crippen LogP contribution in [0.3, 0.4) is 0 Å². The molecule has 2 aromatic rings. The fraction of sp³-hybridized carbons (Fsp3) is 0.316. The van der Waals surface area contributed by atoms with E-state index in [0.717, 1.165) is 22.9 Å². The number of halogens is 1. The summed E-state index contributed by atoms with van der Waals surface area (Å²) in [7, 11) is -2.19. The van der Waals surface area contributed by atoms with Gasteiger partial charge in [-0.25, -0.2) is 13.1 Å². The molecule has 1 fully saturated rings. The van der Waals surface area contributed by atoms with E-state index >= 15 is 0 Å². The van der Waals surface area contributed by atoms with Crippen LogP contribution in [0.15, 0.2) is 57.9 Å². The molecular weight excluding hydrogens is 432 g/mol. The Bertz CT molecular complexity index is 925. The second-order valence-electron chi connectivity index (χ2n) is 6.46. The molecule has 0 heterocycles. The maximum absolute atomic E-state index is 12.7. The summed E-state index contributed by atoms with van der Waals surface area (Å²) in [6.45, 7) is 0.442. The number of methoxy groups -OCH3 is 1. The number of ether oxygens (including phenoxy) is 1. The van der Waals surface area contributed by atoms with Gasteiger partial charge in [0.15, 0.2) is 0 Å². The zero-order chi connectivity index (χ0) is 19.5. The zero-order valence-electron chi connectivity index (χ0n) is 14.9. The van der Waals surface area contributed by atoms with Gasteiger partial charge >= 0.3 is 0 Å². The Labute approximate surface area is 167 Å². The molecule has 1 aliphatic rings. The fourth-order valence-corrected chi connectivity index (χ4v) is 4.16. The Balaban J connectivity index is 1.75. The van der Waals surface area contributed by atoms with Gasteiger partial charge in [0.1, 0.15) is 0 Å². The van der Waals surface area contributed by atoms with E-state index in [2.05, 4.69) is 26.0 Å². The summed E-state index contributed by atoms with van der Waals surface area (Å²) in [5.41, 5.74) is 0.987. The van der Waals surface area contributed by atoms with Crippen molar-refractivity contribution >= 4 is 31.9 Å². The van der Waals surface area contributed by atoms with E-state index in [1.54, 1.807) is 12.1 Å². The van der Waals surface area contributed by atoms with Crippen molar-refractivity contribution in [3.05, 3.63) is 64.1 Å². The summed E-state index contributed by atoms with van der Waals surface area (Å²) in [5.74, 6) is -0.288. The van der Waals surface area contributed by atoms with Gasteiger partial charge in [-0.1, -0.05) is 34.1 Å². The molecule has 1 saturated carbocycles. The first-order valence-electron chi connectivity index (χ1n) is 8.54. The van der Waals surface area contributed by atoms with E-state index in [9.17, 15) is 13.2 Å². The van der Waals surface area contributed by atoms with E-state index in [-0.39, 0.29) is 29.5 Å². The van der Waals surface area contributed by atoms with Gasteiger partial charge in [0.25, 0.3) is 5.91 Å². The minimum absolute atomic E-state index is 0.0553. The SMILES string of the molecule is COCCNS(=O)(=O)c1cccc(C(=O)NC2(c3ccc(Br)cc3)CC2)c1. The van der Waals surface area contributed by atoms with E-state index < -0.39 is 10.0 Å². The second kappa shape index (κ2) is 8.10. The average Bonchev–Trinajstić information content (AvgIpc) is 3.43. The molecule has 8 heteroatoms. The summed E-state index contributed by atoms with van der Waals surface area (Å²) in [5, 5.41) is 3.06. The van der Waals surface area contributed by atoms with Crippen molar-refractivity contribution in [2.45, 2.75) is 23.3 Å². The van der Waals surface area contributed by atoms with Crippen LogP contribution in [0.2, 0.25) is 0 Å². The number of hydrogen-bond acceptors (Lipinski definition) is 4. The van der Waals surface area contributed by atoms with Gasteiger partial charge in [-0.05, 0) is 48.7 Å². The summed E-state index contributed by atoms with van der Waals surface area (Å²) in [6, 6.07) is 13.9. The molecule has 2 aromatic carbocycles. The number of hydrogen-bond donors (Lipinski definition) is 2. The Morgan fingerprint density at radius 1 is 1.19 bits per heavy atom. The molecular formula is C19H21BrN2O4S. The molecule has 3 rings (SSSR count). The van der Waals surface area contributed by atoms with E-state index in [1.807, 2.05) is 24.3 Å². The Morgan fingerprint density at radius 3 is 2.52 bits per heavy atom. The lowest BCUT2D eigenvalue weighted by atomic mass is 10.0. The molecule has 0 spiro atoms. The quantitative estimate of drug-likeness (QED) is 0.603. The lowest BCUT2D eigenvalue weighted by molar-refractivity contribution is 0.0930. The van der Waals surface area contributed by atoms with Crippen LogP contribution in [0.25, 0.3) is 0 Å². The fourth-order valence-electron chi connectivity index (χ4n) is 2.84. The maximum Gasteiger partial charge on any atom is 0.252 e. The third-order valence-corrected chi connectivity index (χ3v) is 6.49. The highest BCUT2D eigenvalue weighted by atomic mass is 79.9. The summed E-state index contributed by atoms with van der Waals surface area (Å²) >= 11 is 3.41. The molecule has 0 bridgehead atoms. The molecule has 0 unspecified atom stereocenters. The molecule has 144 valence electrons. The summed E-state index contributed by atoms with van der Waals surface area (Å²) in [4.78, 5) is 12.8. The van der Waals surface area contributed by atoms with Crippen LogP contribution < -0.4 is 10.0 Å². The van der Waals surface area contributed by atoms with Crippen LogP contribution in [0, 0.1) is 0 Å². The maximum atomic E-state index is 12.7. The molecule has 0 atom stereocenters. The van der Waals surface area contributed by atoms with Crippen LogP contribution in [0.1, 0.15) is 28.8 Å². The van der Waals surface area contributed by atoms with E-state index in [1.165, 1.54) is 19.2 Å². The molecule has 27 heavy (non-hydrogen) atoms. The second-order valence-corrected chi connectivity index (χ2v) is 9.14. The van der Waals surface area contributed by atoms with Gasteiger partial charge in [-0.3, -0.25) is 4.79 Å². The third-order valence-electron chi connectivity index (χ3n) is 4.50. The first kappa shape index (κ1) is 20.0. The van der Waals surface area contributed by atoms with Gasteiger partial charge < -0.3 is 10.1 Å². The monoisotopic (exact) mass is 452 g/mol. The van der Waals surface area contributed by atoms with Crippen molar-refractivity contribution in [3.8, 4) is 0 Å². The van der Waals surface area contributed by atoms with Gasteiger partial charge in [0.05, 0.1) is 17.0 Å². The lowest BCUT2D eigenvalue weighted by Crippen LogP contribution is -2.35. The van der Waals surface area contributed by atoms with Crippen LogP contribution in [0.4, 0.5) is 0 Å². The van der Waals surface area contributed by atoms with E-state index in [4.69, 9.17) is 4.74 Å². The summed E-state index contributed by atoms with van der Waals surface area (Å²) in [6.07, 6.45) is 1.72. The predicted molar refractivity (Wildman–Crippen MR) is 106 cm³/mol. The number of carbonyl (C=O) groups excluding carboxylic acids is 1. The first-order valence-corrected chi connectivity index (χ1v) is 10.8. The Hall–Kier alpha value is -1.74. The molecule has 1 aliphatic carbocycles. The topological polar surface area (TPSA) is 84.5 Å². The number of carbonyl (C=O) groups is 1. The average molecular weight is 453 g/mol. The molecule has 0 aliphatic heterocycles. The molecule has 0 saturated heterocycles. The number of benzene rings is 2. The number of rotatable bonds is 8. The number of sulfonamides is 1. The minimum Gasteiger partial charge on any atom is -0.383 e. The van der Waals surface area contributed by atoms with Crippen molar-refractivity contribution in [2.75, 3.05) is 20.3 Å². The summed E-state index contributed by atoms with van der Waals surface area (Å²) < 4.78 is 32.9. The van der Waals surface area contributed by atoms with Crippen LogP contribution >= 0.6 is 15.9 Å². The molecule has 1 amide bonds.